The number of aromatic nitrogens is 1. The van der Waals surface area contributed by atoms with E-state index in [-0.39, 0.29) is 0 Å². The van der Waals surface area contributed by atoms with Crippen molar-refractivity contribution in [3.05, 3.63) is 61.3 Å². The molecule has 1 aliphatic rings. The van der Waals surface area contributed by atoms with Crippen molar-refractivity contribution in [2.75, 3.05) is 0 Å². The minimum Gasteiger partial charge on any atom is -0.259 e. The Labute approximate surface area is 143 Å². The summed E-state index contributed by atoms with van der Waals surface area (Å²) >= 11 is 7.38. The second-order valence-electron chi connectivity index (χ2n) is 5.66. The van der Waals surface area contributed by atoms with Gasteiger partial charge in [0.25, 0.3) is 0 Å². The maximum absolute atomic E-state index is 4.75. The Bertz CT molecular complexity index is 679. The first kappa shape index (κ1) is 15.2. The van der Waals surface area contributed by atoms with E-state index in [0.717, 1.165) is 30.2 Å². The van der Waals surface area contributed by atoms with Gasteiger partial charge in [-0.25, -0.2) is 0 Å². The Balaban J connectivity index is 2.20. The number of fused-ring (bicyclic) bond motifs is 2. The average Bonchev–Trinajstić information content (AvgIpc) is 2.63. The van der Waals surface area contributed by atoms with Crippen molar-refractivity contribution in [3.8, 4) is 0 Å². The zero-order valence-corrected chi connectivity index (χ0v) is 15.6. The summed E-state index contributed by atoms with van der Waals surface area (Å²) in [6.45, 7) is 4.48. The van der Waals surface area contributed by atoms with E-state index in [1.807, 2.05) is 6.20 Å². The highest BCUT2D eigenvalue weighted by Crippen LogP contribution is 2.40. The van der Waals surface area contributed by atoms with Crippen LogP contribution in [-0.2, 0) is 19.3 Å². The summed E-state index contributed by atoms with van der Waals surface area (Å²) in [5.41, 5.74) is 6.99. The van der Waals surface area contributed by atoms with Gasteiger partial charge in [-0.05, 0) is 76.0 Å². The fourth-order valence-corrected chi connectivity index (χ4v) is 4.55. The number of hydrogen-bond donors (Lipinski definition) is 0. The molecule has 1 aromatic carbocycles. The third-order valence-electron chi connectivity index (χ3n) is 4.40. The van der Waals surface area contributed by atoms with Gasteiger partial charge in [0.1, 0.15) is 0 Å². The quantitative estimate of drug-likeness (QED) is 0.610. The highest BCUT2D eigenvalue weighted by molar-refractivity contribution is 9.10. The summed E-state index contributed by atoms with van der Waals surface area (Å²) in [5.74, 6) is 0.394. The molecule has 3 heteroatoms. The van der Waals surface area contributed by atoms with Crippen LogP contribution in [0.1, 0.15) is 54.1 Å². The molecule has 0 N–H and O–H groups in total. The maximum Gasteiger partial charge on any atom is 0.0511 e. The molecule has 0 amide bonds. The molecule has 0 fully saturated rings. The van der Waals surface area contributed by atoms with Gasteiger partial charge < -0.3 is 0 Å². The third kappa shape index (κ3) is 2.83. The van der Waals surface area contributed by atoms with E-state index in [1.54, 1.807) is 0 Å². The molecule has 0 radical (unpaired) electrons. The van der Waals surface area contributed by atoms with Crippen molar-refractivity contribution in [2.24, 2.45) is 0 Å². The molecule has 0 saturated carbocycles. The number of benzene rings is 1. The summed E-state index contributed by atoms with van der Waals surface area (Å²) < 4.78 is 2.33. The standard InChI is InChI=1S/C18H19Br2N/c1-3-11-7-12-5-6-13-9-14(19)10-21-18(13)15(4-2)17(12)16(20)8-11/h7-10,15H,3-6H2,1-2H3. The number of aryl methyl sites for hydroxylation is 3. The Hall–Kier alpha value is -0.670. The maximum atomic E-state index is 4.75. The lowest BCUT2D eigenvalue weighted by atomic mass is 9.88. The molecular weight excluding hydrogens is 390 g/mol. The molecule has 0 bridgehead atoms. The number of halogens is 2. The van der Waals surface area contributed by atoms with Crippen molar-refractivity contribution in [1.29, 1.82) is 0 Å². The molecule has 1 atom stereocenters. The molecule has 1 nitrogen and oxygen atoms in total. The minimum atomic E-state index is 0.394. The van der Waals surface area contributed by atoms with E-state index in [1.165, 1.54) is 32.4 Å². The smallest absolute Gasteiger partial charge is 0.0511 e. The number of rotatable bonds is 2. The zero-order chi connectivity index (χ0) is 15.0. The lowest BCUT2D eigenvalue weighted by molar-refractivity contribution is 0.739. The van der Waals surface area contributed by atoms with Crippen molar-refractivity contribution < 1.29 is 0 Å². The van der Waals surface area contributed by atoms with Crippen LogP contribution in [0.3, 0.4) is 0 Å². The molecule has 21 heavy (non-hydrogen) atoms. The fraction of sp³-hybridized carbons (Fsp3) is 0.389. The normalized spacial score (nSPS) is 17.0. The Morgan fingerprint density at radius 1 is 1.10 bits per heavy atom. The van der Waals surface area contributed by atoms with E-state index in [0.29, 0.717) is 5.92 Å². The van der Waals surface area contributed by atoms with Crippen LogP contribution in [0, 0.1) is 0 Å². The largest absolute Gasteiger partial charge is 0.259 e. The Morgan fingerprint density at radius 3 is 2.57 bits per heavy atom. The molecule has 0 spiro atoms. The summed E-state index contributed by atoms with van der Waals surface area (Å²) in [6, 6.07) is 6.92. The Kier molecular flexibility index (Phi) is 4.51. The molecule has 1 unspecified atom stereocenters. The van der Waals surface area contributed by atoms with E-state index in [4.69, 9.17) is 4.98 Å². The van der Waals surface area contributed by atoms with E-state index >= 15 is 0 Å². The van der Waals surface area contributed by atoms with Crippen LogP contribution >= 0.6 is 31.9 Å². The van der Waals surface area contributed by atoms with Gasteiger partial charge in [-0.3, -0.25) is 4.98 Å². The zero-order valence-electron chi connectivity index (χ0n) is 12.4. The van der Waals surface area contributed by atoms with Crippen molar-refractivity contribution in [2.45, 2.75) is 45.4 Å². The van der Waals surface area contributed by atoms with Crippen LogP contribution in [0.25, 0.3) is 0 Å². The van der Waals surface area contributed by atoms with E-state index in [2.05, 4.69) is 63.9 Å². The van der Waals surface area contributed by atoms with Crippen molar-refractivity contribution >= 4 is 31.9 Å². The van der Waals surface area contributed by atoms with Gasteiger partial charge in [0, 0.05) is 21.1 Å². The van der Waals surface area contributed by atoms with Crippen molar-refractivity contribution in [3.63, 3.8) is 0 Å². The van der Waals surface area contributed by atoms with Gasteiger partial charge in [-0.15, -0.1) is 0 Å². The van der Waals surface area contributed by atoms with Gasteiger partial charge >= 0.3 is 0 Å². The SMILES string of the molecule is CCc1cc(Br)c2c(c1)CCc1cc(Br)cnc1C2CC. The molecule has 3 rings (SSSR count). The number of nitrogens with zero attached hydrogens (tertiary/aromatic N) is 1. The van der Waals surface area contributed by atoms with Gasteiger partial charge in [0.15, 0.2) is 0 Å². The highest BCUT2D eigenvalue weighted by Gasteiger charge is 2.26. The predicted octanol–water partition coefficient (Wildman–Crippen LogP) is 5.81. The molecule has 2 aromatic rings. The molecule has 1 aromatic heterocycles. The highest BCUT2D eigenvalue weighted by atomic mass is 79.9. The van der Waals surface area contributed by atoms with Gasteiger partial charge in [0.05, 0.1) is 5.69 Å². The average molecular weight is 409 g/mol. The number of pyridine rings is 1. The molecule has 1 heterocycles. The second-order valence-corrected chi connectivity index (χ2v) is 7.43. The molecule has 1 aliphatic carbocycles. The topological polar surface area (TPSA) is 12.9 Å². The lowest BCUT2D eigenvalue weighted by Gasteiger charge is -2.20. The molecular formula is C18H19Br2N. The van der Waals surface area contributed by atoms with Gasteiger partial charge in [0.2, 0.25) is 0 Å². The van der Waals surface area contributed by atoms with Crippen LogP contribution in [0.4, 0.5) is 0 Å². The second kappa shape index (κ2) is 6.21. The van der Waals surface area contributed by atoms with Gasteiger partial charge in [-0.2, -0.15) is 0 Å². The Morgan fingerprint density at radius 2 is 1.86 bits per heavy atom. The first-order valence-corrected chi connectivity index (χ1v) is 9.18. The minimum absolute atomic E-state index is 0.394. The summed E-state index contributed by atoms with van der Waals surface area (Å²) in [4.78, 5) is 4.75. The van der Waals surface area contributed by atoms with Crippen LogP contribution in [0.15, 0.2) is 33.3 Å². The monoisotopic (exact) mass is 407 g/mol. The lowest BCUT2D eigenvalue weighted by Crippen LogP contribution is -2.06. The summed E-state index contributed by atoms with van der Waals surface area (Å²) in [5, 5.41) is 0. The van der Waals surface area contributed by atoms with Gasteiger partial charge in [-0.1, -0.05) is 35.8 Å². The fourth-order valence-electron chi connectivity index (χ4n) is 3.35. The summed E-state index contributed by atoms with van der Waals surface area (Å²) in [7, 11) is 0. The van der Waals surface area contributed by atoms with Crippen LogP contribution in [0.5, 0.6) is 0 Å². The summed E-state index contributed by atoms with van der Waals surface area (Å²) in [6.07, 6.45) is 6.27. The van der Waals surface area contributed by atoms with Crippen LogP contribution < -0.4 is 0 Å². The first-order valence-electron chi connectivity index (χ1n) is 7.59. The molecule has 110 valence electrons. The molecule has 0 saturated heterocycles. The van der Waals surface area contributed by atoms with Crippen LogP contribution in [-0.4, -0.2) is 4.98 Å². The first-order chi connectivity index (χ1) is 10.1. The van der Waals surface area contributed by atoms with Crippen LogP contribution in [0.2, 0.25) is 0 Å². The van der Waals surface area contributed by atoms with E-state index in [9.17, 15) is 0 Å². The van der Waals surface area contributed by atoms with Crippen molar-refractivity contribution in [1.82, 2.24) is 4.98 Å². The molecule has 0 aliphatic heterocycles. The predicted molar refractivity (Wildman–Crippen MR) is 95.0 cm³/mol. The van der Waals surface area contributed by atoms with E-state index < -0.39 is 0 Å². The number of hydrogen-bond acceptors (Lipinski definition) is 1. The third-order valence-corrected chi connectivity index (χ3v) is 5.49.